The van der Waals surface area contributed by atoms with E-state index in [2.05, 4.69) is 20.2 Å². The molecule has 1 saturated heterocycles. The van der Waals surface area contributed by atoms with Crippen molar-refractivity contribution in [1.82, 2.24) is 20.2 Å². The van der Waals surface area contributed by atoms with E-state index in [1.54, 1.807) is 18.3 Å². The lowest BCUT2D eigenvalue weighted by molar-refractivity contribution is 0.00806. The number of pyridine rings is 2. The molecule has 0 saturated carbocycles. The Morgan fingerprint density at radius 3 is 2.94 bits per heavy atom. The Morgan fingerprint density at radius 2 is 2.09 bits per heavy atom. The third-order valence-electron chi connectivity index (χ3n) is 6.12. The second-order valence-electron chi connectivity index (χ2n) is 8.15. The summed E-state index contributed by atoms with van der Waals surface area (Å²) in [4.78, 5) is 20.3. The van der Waals surface area contributed by atoms with Crippen molar-refractivity contribution in [3.05, 3.63) is 58.9 Å². The lowest BCUT2D eigenvalue weighted by atomic mass is 9.95. The van der Waals surface area contributed by atoms with Gasteiger partial charge < -0.3 is 20.2 Å². The first-order valence-electron chi connectivity index (χ1n) is 10.7. The van der Waals surface area contributed by atoms with Gasteiger partial charge in [0.1, 0.15) is 34.4 Å². The van der Waals surface area contributed by atoms with Crippen molar-refractivity contribution in [1.29, 1.82) is 0 Å². The first kappa shape index (κ1) is 19.7. The fourth-order valence-electron chi connectivity index (χ4n) is 4.58. The minimum absolute atomic E-state index is 0.0341. The fourth-order valence-corrected chi connectivity index (χ4v) is 4.58. The molecule has 0 unspecified atom stereocenters. The van der Waals surface area contributed by atoms with Crippen molar-refractivity contribution in [2.75, 3.05) is 18.9 Å². The van der Waals surface area contributed by atoms with Gasteiger partial charge in [-0.1, -0.05) is 6.07 Å². The van der Waals surface area contributed by atoms with Gasteiger partial charge >= 0.3 is 0 Å². The van der Waals surface area contributed by atoms with Crippen LogP contribution in [0.1, 0.15) is 12.8 Å². The summed E-state index contributed by atoms with van der Waals surface area (Å²) >= 11 is 0. The molecular formula is C24H20FN5O3. The van der Waals surface area contributed by atoms with Crippen LogP contribution in [0.2, 0.25) is 0 Å². The van der Waals surface area contributed by atoms with Gasteiger partial charge in [-0.2, -0.15) is 5.10 Å². The quantitative estimate of drug-likeness (QED) is 0.363. The normalized spacial score (nSPS) is 16.6. The molecule has 0 bridgehead atoms. The average molecular weight is 445 g/mol. The lowest BCUT2D eigenvalue weighted by Crippen LogP contribution is -2.28. The average Bonchev–Trinajstić information content (AvgIpc) is 3.33. The Balaban J connectivity index is 1.69. The van der Waals surface area contributed by atoms with E-state index in [0.717, 1.165) is 24.8 Å². The summed E-state index contributed by atoms with van der Waals surface area (Å²) in [6.45, 7) is 1.23. The topological polar surface area (TPSA) is 119 Å². The highest BCUT2D eigenvalue weighted by molar-refractivity contribution is 6.15. The van der Waals surface area contributed by atoms with E-state index in [1.807, 2.05) is 12.1 Å². The molecule has 1 aliphatic heterocycles. The second kappa shape index (κ2) is 7.56. The Kier molecular flexibility index (Phi) is 4.51. The monoisotopic (exact) mass is 445 g/mol. The number of H-pyrrole nitrogens is 2. The number of rotatable bonds is 3. The van der Waals surface area contributed by atoms with Crippen LogP contribution in [-0.4, -0.2) is 39.5 Å². The number of halogens is 1. The molecule has 0 amide bonds. The second-order valence-corrected chi connectivity index (χ2v) is 8.15. The lowest BCUT2D eigenvalue weighted by Gasteiger charge is -2.24. The number of nitrogen functional groups attached to an aromatic ring is 1. The van der Waals surface area contributed by atoms with E-state index in [1.165, 1.54) is 12.3 Å². The van der Waals surface area contributed by atoms with Crippen molar-refractivity contribution >= 4 is 38.4 Å². The zero-order valence-electron chi connectivity index (χ0n) is 17.5. The van der Waals surface area contributed by atoms with E-state index in [4.69, 9.17) is 15.2 Å². The maximum Gasteiger partial charge on any atom is 0.272 e. The van der Waals surface area contributed by atoms with Gasteiger partial charge in [0.15, 0.2) is 0 Å². The molecule has 6 rings (SSSR count). The molecule has 1 aliphatic rings. The number of nitrogens with zero attached hydrogens (tertiary/aromatic N) is 2. The van der Waals surface area contributed by atoms with Crippen LogP contribution in [0, 0.1) is 5.82 Å². The standard InChI is InChI=1S/C24H20FN5O3/c25-17-6-5-13(16-10-28-30-22(16)17)19-15-9-18(33-12-3-2-8-32-11-12)23-14(4-1-7-27-23)21(15)29-24(31)20(19)26/h1,4-7,9-10,12H,2-3,8,11,26H2,(H,28,30)(H,29,31)/t12-/m1/s1. The number of hydrogen-bond donors (Lipinski definition) is 3. The summed E-state index contributed by atoms with van der Waals surface area (Å²) in [6.07, 6.45) is 4.91. The van der Waals surface area contributed by atoms with Gasteiger partial charge in [-0.3, -0.25) is 14.9 Å². The molecule has 0 radical (unpaired) electrons. The Labute approximate surface area is 186 Å². The smallest absolute Gasteiger partial charge is 0.272 e. The molecule has 1 fully saturated rings. The predicted molar refractivity (Wildman–Crippen MR) is 124 cm³/mol. The van der Waals surface area contributed by atoms with Crippen LogP contribution in [-0.2, 0) is 4.74 Å². The van der Waals surface area contributed by atoms with E-state index < -0.39 is 11.4 Å². The number of fused-ring (bicyclic) bond motifs is 4. The van der Waals surface area contributed by atoms with Crippen LogP contribution in [0.25, 0.3) is 43.8 Å². The van der Waals surface area contributed by atoms with Crippen LogP contribution >= 0.6 is 0 Å². The molecule has 4 heterocycles. The first-order valence-corrected chi connectivity index (χ1v) is 10.7. The van der Waals surface area contributed by atoms with Crippen LogP contribution in [0.4, 0.5) is 10.1 Å². The zero-order valence-corrected chi connectivity index (χ0v) is 17.5. The van der Waals surface area contributed by atoms with Crippen LogP contribution in [0.15, 0.2) is 47.5 Å². The molecule has 5 aromatic rings. The van der Waals surface area contributed by atoms with Gasteiger partial charge in [0.2, 0.25) is 0 Å². The Bertz CT molecular complexity index is 1590. The number of nitrogens with two attached hydrogens (primary N) is 1. The molecule has 33 heavy (non-hydrogen) atoms. The van der Waals surface area contributed by atoms with Gasteiger partial charge in [-0.25, -0.2) is 4.39 Å². The first-order chi connectivity index (χ1) is 16.1. The number of aromatic nitrogens is 4. The van der Waals surface area contributed by atoms with Gasteiger partial charge in [0.05, 0.1) is 18.3 Å². The maximum absolute atomic E-state index is 14.3. The van der Waals surface area contributed by atoms with Crippen molar-refractivity contribution in [2.45, 2.75) is 18.9 Å². The van der Waals surface area contributed by atoms with E-state index in [-0.39, 0.29) is 17.3 Å². The number of aromatic amines is 2. The number of benzene rings is 2. The molecular weight excluding hydrogens is 425 g/mol. The number of nitrogens with one attached hydrogen (secondary N) is 2. The van der Waals surface area contributed by atoms with E-state index in [9.17, 15) is 9.18 Å². The summed E-state index contributed by atoms with van der Waals surface area (Å²) in [5, 5.41) is 8.59. The summed E-state index contributed by atoms with van der Waals surface area (Å²) in [7, 11) is 0. The highest BCUT2D eigenvalue weighted by Gasteiger charge is 2.22. The van der Waals surface area contributed by atoms with E-state index >= 15 is 0 Å². The van der Waals surface area contributed by atoms with Gasteiger partial charge in [-0.15, -0.1) is 0 Å². The summed E-state index contributed by atoms with van der Waals surface area (Å²) < 4.78 is 26.2. The van der Waals surface area contributed by atoms with Gasteiger partial charge in [-0.05, 0) is 42.7 Å². The largest absolute Gasteiger partial charge is 0.486 e. The summed E-state index contributed by atoms with van der Waals surface area (Å²) in [6, 6.07) is 8.47. The summed E-state index contributed by atoms with van der Waals surface area (Å²) in [5.41, 5.74) is 8.48. The minimum Gasteiger partial charge on any atom is -0.486 e. The van der Waals surface area contributed by atoms with E-state index in [0.29, 0.717) is 45.3 Å². The minimum atomic E-state index is -0.435. The van der Waals surface area contributed by atoms with Crippen molar-refractivity contribution in [3.63, 3.8) is 0 Å². The van der Waals surface area contributed by atoms with Crippen LogP contribution in [0.3, 0.4) is 0 Å². The van der Waals surface area contributed by atoms with Gasteiger partial charge in [0, 0.05) is 34.5 Å². The Hall–Kier alpha value is -3.98. The third-order valence-corrected chi connectivity index (χ3v) is 6.12. The molecule has 0 spiro atoms. The van der Waals surface area contributed by atoms with Crippen LogP contribution in [0.5, 0.6) is 5.75 Å². The maximum atomic E-state index is 14.3. The molecule has 166 valence electrons. The molecule has 2 aromatic carbocycles. The van der Waals surface area contributed by atoms with Crippen LogP contribution < -0.4 is 16.0 Å². The summed E-state index contributed by atoms with van der Waals surface area (Å²) in [5.74, 6) is 0.141. The third kappa shape index (κ3) is 3.12. The molecule has 8 nitrogen and oxygen atoms in total. The fraction of sp³-hybridized carbons (Fsp3) is 0.208. The number of hydrogen-bond acceptors (Lipinski definition) is 6. The molecule has 1 atom stereocenters. The predicted octanol–water partition coefficient (Wildman–Crippen LogP) is 3.90. The number of anilines is 1. The van der Waals surface area contributed by atoms with Gasteiger partial charge in [0.25, 0.3) is 5.56 Å². The zero-order chi connectivity index (χ0) is 22.5. The van der Waals surface area contributed by atoms with Crippen molar-refractivity contribution < 1.29 is 13.9 Å². The molecule has 9 heteroatoms. The highest BCUT2D eigenvalue weighted by atomic mass is 19.1. The van der Waals surface area contributed by atoms with Crippen molar-refractivity contribution in [3.8, 4) is 16.9 Å². The molecule has 4 N–H and O–H groups in total. The molecule has 0 aliphatic carbocycles. The molecule has 3 aromatic heterocycles. The van der Waals surface area contributed by atoms with Crippen molar-refractivity contribution in [2.24, 2.45) is 0 Å². The Morgan fingerprint density at radius 1 is 1.18 bits per heavy atom. The highest BCUT2D eigenvalue weighted by Crippen LogP contribution is 2.40. The SMILES string of the molecule is Nc1c(-c2ccc(F)c3[nH]ncc23)c2cc(O[C@@H]3CCCOC3)c3ncccc3c2[nH]c1=O. The number of ether oxygens (including phenoxy) is 2.